The van der Waals surface area contributed by atoms with E-state index in [-0.39, 0.29) is 11.9 Å². The molecule has 3 aromatic rings. The number of benzene rings is 1. The SMILES string of the molecule is COc1ccc2c(c1)cc(C(=O)N[C@H](C)Cc1cc(C)[nH]n1)n2C. The number of fused-ring (bicyclic) bond motifs is 1. The molecule has 0 fully saturated rings. The molecule has 3 rings (SSSR count). The van der Waals surface area contributed by atoms with Crippen molar-refractivity contribution in [2.24, 2.45) is 7.05 Å². The molecule has 1 amide bonds. The molecular formula is C18H22N4O2. The number of ether oxygens (including phenoxy) is 1. The summed E-state index contributed by atoms with van der Waals surface area (Å²) >= 11 is 0. The highest BCUT2D eigenvalue weighted by atomic mass is 16.5. The molecule has 2 aromatic heterocycles. The van der Waals surface area contributed by atoms with Gasteiger partial charge in [0.05, 0.1) is 12.8 Å². The normalized spacial score (nSPS) is 12.3. The molecule has 2 N–H and O–H groups in total. The van der Waals surface area contributed by atoms with Crippen LogP contribution in [-0.2, 0) is 13.5 Å². The van der Waals surface area contributed by atoms with E-state index >= 15 is 0 Å². The van der Waals surface area contributed by atoms with E-state index in [1.807, 2.05) is 55.8 Å². The van der Waals surface area contributed by atoms with Crippen LogP contribution in [0.25, 0.3) is 10.9 Å². The average Bonchev–Trinajstić information content (AvgIpc) is 3.10. The van der Waals surface area contributed by atoms with Crippen LogP contribution in [-0.4, -0.2) is 33.8 Å². The van der Waals surface area contributed by atoms with Crippen LogP contribution in [0.1, 0.15) is 28.8 Å². The molecule has 2 heterocycles. The second kappa shape index (κ2) is 6.39. The number of methoxy groups -OCH3 is 1. The first-order valence-corrected chi connectivity index (χ1v) is 7.93. The molecular weight excluding hydrogens is 304 g/mol. The quantitative estimate of drug-likeness (QED) is 0.757. The van der Waals surface area contributed by atoms with Gasteiger partial charge in [-0.05, 0) is 44.2 Å². The van der Waals surface area contributed by atoms with Gasteiger partial charge in [0.25, 0.3) is 5.91 Å². The summed E-state index contributed by atoms with van der Waals surface area (Å²) in [4.78, 5) is 12.6. The second-order valence-electron chi connectivity index (χ2n) is 6.13. The number of nitrogens with zero attached hydrogens (tertiary/aromatic N) is 2. The van der Waals surface area contributed by atoms with Gasteiger partial charge in [0, 0.05) is 36.1 Å². The van der Waals surface area contributed by atoms with Crippen LogP contribution in [0.15, 0.2) is 30.3 Å². The number of H-pyrrole nitrogens is 1. The molecule has 24 heavy (non-hydrogen) atoms. The predicted octanol–water partition coefficient (Wildman–Crippen LogP) is 2.58. The molecule has 0 saturated carbocycles. The minimum atomic E-state index is -0.0903. The van der Waals surface area contributed by atoms with Gasteiger partial charge in [-0.3, -0.25) is 9.89 Å². The highest BCUT2D eigenvalue weighted by molar-refractivity contribution is 5.99. The molecule has 0 saturated heterocycles. The third-order valence-electron chi connectivity index (χ3n) is 4.13. The Labute approximate surface area is 140 Å². The first-order chi connectivity index (χ1) is 11.5. The Morgan fingerprint density at radius 1 is 1.38 bits per heavy atom. The highest BCUT2D eigenvalue weighted by Crippen LogP contribution is 2.23. The van der Waals surface area contributed by atoms with E-state index in [2.05, 4.69) is 15.5 Å². The molecule has 1 aromatic carbocycles. The first kappa shape index (κ1) is 16.1. The zero-order valence-electron chi connectivity index (χ0n) is 14.4. The summed E-state index contributed by atoms with van der Waals surface area (Å²) in [5.41, 5.74) is 3.59. The topological polar surface area (TPSA) is 71.9 Å². The van der Waals surface area contributed by atoms with E-state index in [4.69, 9.17) is 4.74 Å². The van der Waals surface area contributed by atoms with Gasteiger partial charge >= 0.3 is 0 Å². The number of hydrogen-bond donors (Lipinski definition) is 2. The Balaban J connectivity index is 1.76. The third-order valence-corrected chi connectivity index (χ3v) is 4.13. The van der Waals surface area contributed by atoms with Crippen molar-refractivity contribution in [1.82, 2.24) is 20.1 Å². The van der Waals surface area contributed by atoms with Gasteiger partial charge in [-0.15, -0.1) is 0 Å². The number of rotatable bonds is 5. The maximum atomic E-state index is 12.6. The second-order valence-corrected chi connectivity index (χ2v) is 6.13. The number of aryl methyl sites for hydroxylation is 2. The van der Waals surface area contributed by atoms with Crippen molar-refractivity contribution >= 4 is 16.8 Å². The molecule has 0 unspecified atom stereocenters. The fourth-order valence-electron chi connectivity index (χ4n) is 2.91. The van der Waals surface area contributed by atoms with Gasteiger partial charge in [0.15, 0.2) is 0 Å². The van der Waals surface area contributed by atoms with E-state index in [0.29, 0.717) is 12.1 Å². The van der Waals surface area contributed by atoms with Crippen molar-refractivity contribution in [1.29, 1.82) is 0 Å². The highest BCUT2D eigenvalue weighted by Gasteiger charge is 2.16. The lowest BCUT2D eigenvalue weighted by molar-refractivity contribution is 0.0932. The van der Waals surface area contributed by atoms with Crippen molar-refractivity contribution < 1.29 is 9.53 Å². The average molecular weight is 326 g/mol. The number of hydrogen-bond acceptors (Lipinski definition) is 3. The third kappa shape index (κ3) is 3.13. The van der Waals surface area contributed by atoms with E-state index in [9.17, 15) is 4.79 Å². The molecule has 0 aliphatic carbocycles. The molecule has 0 spiro atoms. The van der Waals surface area contributed by atoms with E-state index in [1.54, 1.807) is 7.11 Å². The summed E-state index contributed by atoms with van der Waals surface area (Å²) in [6, 6.07) is 9.66. The van der Waals surface area contributed by atoms with Crippen molar-refractivity contribution in [2.75, 3.05) is 7.11 Å². The van der Waals surface area contributed by atoms with Crippen LogP contribution in [0, 0.1) is 6.92 Å². The fourth-order valence-corrected chi connectivity index (χ4v) is 2.91. The zero-order chi connectivity index (χ0) is 17.3. The number of amides is 1. The number of carbonyl (C=O) groups is 1. The van der Waals surface area contributed by atoms with Gasteiger partial charge in [-0.25, -0.2) is 0 Å². The number of nitrogens with one attached hydrogen (secondary N) is 2. The monoisotopic (exact) mass is 326 g/mol. The van der Waals surface area contributed by atoms with Gasteiger partial charge in [-0.2, -0.15) is 5.10 Å². The summed E-state index contributed by atoms with van der Waals surface area (Å²) in [7, 11) is 3.53. The standard InChI is InChI=1S/C18H22N4O2/c1-11(7-14-8-12(2)20-21-14)19-18(23)17-10-13-9-15(24-4)5-6-16(13)22(17)3/h5-6,8-11H,7H2,1-4H3,(H,19,23)(H,20,21)/t11-/m1/s1. The number of aromatic nitrogens is 3. The van der Waals surface area contributed by atoms with Crippen molar-refractivity contribution in [3.8, 4) is 5.75 Å². The van der Waals surface area contributed by atoms with Crippen LogP contribution in [0.2, 0.25) is 0 Å². The Hall–Kier alpha value is -2.76. The van der Waals surface area contributed by atoms with Gasteiger partial charge in [0.1, 0.15) is 11.4 Å². The Kier molecular flexibility index (Phi) is 4.29. The smallest absolute Gasteiger partial charge is 0.268 e. The van der Waals surface area contributed by atoms with Gasteiger partial charge in [0.2, 0.25) is 0 Å². The van der Waals surface area contributed by atoms with Gasteiger partial charge < -0.3 is 14.6 Å². The Morgan fingerprint density at radius 3 is 2.83 bits per heavy atom. The molecule has 1 atom stereocenters. The lowest BCUT2D eigenvalue weighted by Gasteiger charge is -2.13. The molecule has 0 radical (unpaired) electrons. The van der Waals surface area contributed by atoms with E-state index < -0.39 is 0 Å². The lowest BCUT2D eigenvalue weighted by atomic mass is 10.1. The molecule has 0 bridgehead atoms. The van der Waals surface area contributed by atoms with E-state index in [1.165, 1.54) is 0 Å². The lowest BCUT2D eigenvalue weighted by Crippen LogP contribution is -2.35. The number of carbonyl (C=O) groups excluding carboxylic acids is 1. The van der Waals surface area contributed by atoms with Crippen LogP contribution >= 0.6 is 0 Å². The van der Waals surface area contributed by atoms with Gasteiger partial charge in [-0.1, -0.05) is 0 Å². The minimum absolute atomic E-state index is 0.00671. The van der Waals surface area contributed by atoms with Crippen molar-refractivity contribution in [3.63, 3.8) is 0 Å². The Morgan fingerprint density at radius 2 is 2.17 bits per heavy atom. The fraction of sp³-hybridized carbons (Fsp3) is 0.333. The molecule has 0 aliphatic heterocycles. The summed E-state index contributed by atoms with van der Waals surface area (Å²) in [6.45, 7) is 3.94. The maximum absolute atomic E-state index is 12.6. The summed E-state index contributed by atoms with van der Waals surface area (Å²) in [6.07, 6.45) is 0.688. The zero-order valence-corrected chi connectivity index (χ0v) is 14.4. The van der Waals surface area contributed by atoms with E-state index in [0.717, 1.165) is 28.0 Å². The van der Waals surface area contributed by atoms with Crippen LogP contribution in [0.5, 0.6) is 5.75 Å². The van der Waals surface area contributed by atoms with Crippen molar-refractivity contribution in [2.45, 2.75) is 26.3 Å². The largest absolute Gasteiger partial charge is 0.497 e. The molecule has 6 nitrogen and oxygen atoms in total. The maximum Gasteiger partial charge on any atom is 0.268 e. The molecule has 6 heteroatoms. The predicted molar refractivity (Wildman–Crippen MR) is 93.4 cm³/mol. The van der Waals surface area contributed by atoms with Crippen LogP contribution in [0.4, 0.5) is 0 Å². The summed E-state index contributed by atoms with van der Waals surface area (Å²) in [5, 5.41) is 11.2. The first-order valence-electron chi connectivity index (χ1n) is 7.93. The van der Waals surface area contributed by atoms with Crippen LogP contribution < -0.4 is 10.1 Å². The minimum Gasteiger partial charge on any atom is -0.497 e. The summed E-state index contributed by atoms with van der Waals surface area (Å²) in [5.74, 6) is 0.690. The Bertz CT molecular complexity index is 878. The molecule has 0 aliphatic rings. The van der Waals surface area contributed by atoms with Crippen LogP contribution in [0.3, 0.4) is 0 Å². The molecule has 126 valence electrons. The van der Waals surface area contributed by atoms with Crippen molar-refractivity contribution in [3.05, 3.63) is 47.4 Å². The summed E-state index contributed by atoms with van der Waals surface area (Å²) < 4.78 is 7.14. The number of aromatic amines is 1.